The van der Waals surface area contributed by atoms with E-state index in [-0.39, 0.29) is 12.8 Å². The molecule has 162 valence electrons. The summed E-state index contributed by atoms with van der Waals surface area (Å²) < 4.78 is 7.99. The van der Waals surface area contributed by atoms with Gasteiger partial charge in [0.05, 0.1) is 22.6 Å². The van der Waals surface area contributed by atoms with Crippen LogP contribution in [0.1, 0.15) is 36.0 Å². The highest BCUT2D eigenvalue weighted by molar-refractivity contribution is 5.93. The van der Waals surface area contributed by atoms with Crippen molar-refractivity contribution in [3.8, 4) is 0 Å². The summed E-state index contributed by atoms with van der Waals surface area (Å²) in [5.41, 5.74) is 6.48. The Bertz CT molecular complexity index is 1130. The number of aryl methyl sites for hydroxylation is 3. The zero-order chi connectivity index (χ0) is 21.5. The van der Waals surface area contributed by atoms with E-state index < -0.39 is 0 Å². The first-order chi connectivity index (χ1) is 15.0. The fraction of sp³-hybridized carbons (Fsp3) is 0.417. The van der Waals surface area contributed by atoms with Crippen LogP contribution in [-0.4, -0.2) is 39.6 Å². The van der Waals surface area contributed by atoms with Crippen LogP contribution in [0, 0.1) is 19.8 Å². The molecule has 31 heavy (non-hydrogen) atoms. The number of aliphatic hydroxyl groups excluding tert-OH is 1. The molecule has 1 atom stereocenters. The molecule has 1 N–H and O–H groups in total. The van der Waals surface area contributed by atoms with Crippen LogP contribution < -0.4 is 9.80 Å². The van der Waals surface area contributed by atoms with E-state index in [1.54, 1.807) is 6.26 Å². The van der Waals surface area contributed by atoms with E-state index >= 15 is 0 Å². The van der Waals surface area contributed by atoms with Crippen molar-refractivity contribution < 1.29 is 9.84 Å². The van der Waals surface area contributed by atoms with Crippen molar-refractivity contribution in [1.82, 2.24) is 14.8 Å². The van der Waals surface area contributed by atoms with Crippen molar-refractivity contribution in [3.05, 3.63) is 59.9 Å². The number of pyridine rings is 1. The fourth-order valence-corrected chi connectivity index (χ4v) is 4.76. The van der Waals surface area contributed by atoms with Crippen molar-refractivity contribution in [2.75, 3.05) is 29.5 Å². The van der Waals surface area contributed by atoms with Gasteiger partial charge in [0.15, 0.2) is 0 Å². The highest BCUT2D eigenvalue weighted by atomic mass is 16.5. The molecule has 0 aliphatic carbocycles. The number of ether oxygens (including phenoxy) is 1. The second-order valence-corrected chi connectivity index (χ2v) is 8.59. The van der Waals surface area contributed by atoms with E-state index in [0.29, 0.717) is 5.92 Å². The molecule has 0 saturated carbocycles. The summed E-state index contributed by atoms with van der Waals surface area (Å²) in [7, 11) is 2.00. The zero-order valence-corrected chi connectivity index (χ0v) is 18.3. The van der Waals surface area contributed by atoms with Crippen molar-refractivity contribution in [3.63, 3.8) is 0 Å². The van der Waals surface area contributed by atoms with Crippen molar-refractivity contribution in [1.29, 1.82) is 0 Å². The maximum Gasteiger partial charge on any atom is 0.202 e. The maximum atomic E-state index is 9.57. The summed E-state index contributed by atoms with van der Waals surface area (Å²) in [4.78, 5) is 8.97. The van der Waals surface area contributed by atoms with Crippen LogP contribution in [0.5, 0.6) is 0 Å². The number of hydrogen-bond donors (Lipinski definition) is 1. The number of fused-ring (bicyclic) bond motifs is 1. The highest BCUT2D eigenvalue weighted by Gasteiger charge is 2.30. The largest absolute Gasteiger partial charge is 0.472 e. The molecule has 1 unspecified atom stereocenters. The molecule has 7 heteroatoms. The molecule has 2 aliphatic heterocycles. The van der Waals surface area contributed by atoms with Crippen molar-refractivity contribution >= 4 is 22.3 Å². The van der Waals surface area contributed by atoms with Gasteiger partial charge in [-0.3, -0.25) is 9.67 Å². The molecule has 0 bridgehead atoms. The number of rotatable bonds is 4. The standard InChI is InChI=1S/C24H29N5O2/c1-16-12-19(4-7-25-16)24-29(10-11-31-24)23-13-20-17(2)26-27(3)21(20)14-22(23)28-8-5-18(15-30)6-9-28/h4,7,10-14,18,24,30H,5-6,8-9,15H2,1-3H3. The number of anilines is 2. The number of aromatic nitrogens is 3. The third-order valence-corrected chi connectivity index (χ3v) is 6.51. The van der Waals surface area contributed by atoms with Crippen LogP contribution in [-0.2, 0) is 11.8 Å². The first kappa shape index (κ1) is 19.9. The minimum Gasteiger partial charge on any atom is -0.472 e. The molecule has 2 aliphatic rings. The molecule has 4 heterocycles. The Morgan fingerprint density at radius 3 is 2.68 bits per heavy atom. The molecule has 0 spiro atoms. The number of piperidine rings is 1. The molecular weight excluding hydrogens is 390 g/mol. The topological polar surface area (TPSA) is 66.7 Å². The van der Waals surface area contributed by atoms with Gasteiger partial charge in [0.1, 0.15) is 6.26 Å². The predicted octanol–water partition coefficient (Wildman–Crippen LogP) is 3.80. The first-order valence-corrected chi connectivity index (χ1v) is 10.9. The summed E-state index contributed by atoms with van der Waals surface area (Å²) in [6, 6.07) is 8.58. The lowest BCUT2D eigenvalue weighted by molar-refractivity contribution is 0.174. The minimum atomic E-state index is -0.232. The molecular formula is C24H29N5O2. The van der Waals surface area contributed by atoms with Gasteiger partial charge in [-0.15, -0.1) is 0 Å². The molecule has 7 nitrogen and oxygen atoms in total. The van der Waals surface area contributed by atoms with Gasteiger partial charge in [0.25, 0.3) is 0 Å². The van der Waals surface area contributed by atoms with Crippen LogP contribution in [0.3, 0.4) is 0 Å². The van der Waals surface area contributed by atoms with E-state index in [9.17, 15) is 5.11 Å². The molecule has 1 fully saturated rings. The minimum absolute atomic E-state index is 0.232. The first-order valence-electron chi connectivity index (χ1n) is 10.9. The summed E-state index contributed by atoms with van der Waals surface area (Å²) in [5, 5.41) is 15.4. The Kier molecular flexibility index (Phi) is 5.06. The number of nitrogens with zero attached hydrogens (tertiary/aromatic N) is 5. The lowest BCUT2D eigenvalue weighted by Crippen LogP contribution is -2.36. The molecule has 5 rings (SSSR count). The third kappa shape index (κ3) is 3.53. The maximum absolute atomic E-state index is 9.57. The average molecular weight is 420 g/mol. The van der Waals surface area contributed by atoms with Crippen LogP contribution in [0.15, 0.2) is 42.9 Å². The van der Waals surface area contributed by atoms with E-state index in [2.05, 4.69) is 45.0 Å². The quantitative estimate of drug-likeness (QED) is 0.694. The molecule has 0 radical (unpaired) electrons. The number of aliphatic hydroxyl groups is 1. The van der Waals surface area contributed by atoms with Gasteiger partial charge in [-0.25, -0.2) is 0 Å². The lowest BCUT2D eigenvalue weighted by Gasteiger charge is -2.36. The van der Waals surface area contributed by atoms with Crippen LogP contribution in [0.4, 0.5) is 11.4 Å². The number of hydrogen-bond acceptors (Lipinski definition) is 6. The van der Waals surface area contributed by atoms with Crippen LogP contribution in [0.2, 0.25) is 0 Å². The SMILES string of the molecule is Cc1cc(C2OC=CN2c2cc3c(C)nn(C)c3cc2N2CCC(CO)CC2)ccn1. The normalized spacial score (nSPS) is 19.4. The second kappa shape index (κ2) is 7.89. The van der Waals surface area contributed by atoms with E-state index in [1.165, 1.54) is 5.69 Å². The Morgan fingerprint density at radius 1 is 1.13 bits per heavy atom. The van der Waals surface area contributed by atoms with Gasteiger partial charge in [-0.2, -0.15) is 5.10 Å². The fourth-order valence-electron chi connectivity index (χ4n) is 4.76. The van der Waals surface area contributed by atoms with Gasteiger partial charge in [-0.05, 0) is 56.9 Å². The third-order valence-electron chi connectivity index (χ3n) is 6.51. The zero-order valence-electron chi connectivity index (χ0n) is 18.3. The summed E-state index contributed by atoms with van der Waals surface area (Å²) in [6.45, 7) is 6.18. The number of benzene rings is 1. The molecule has 1 aromatic carbocycles. The second-order valence-electron chi connectivity index (χ2n) is 8.59. The highest BCUT2D eigenvalue weighted by Crippen LogP contribution is 2.42. The smallest absolute Gasteiger partial charge is 0.202 e. The van der Waals surface area contributed by atoms with Crippen molar-refractivity contribution in [2.24, 2.45) is 13.0 Å². The van der Waals surface area contributed by atoms with Gasteiger partial charge < -0.3 is 19.6 Å². The molecule has 0 amide bonds. The Balaban J connectivity index is 1.61. The van der Waals surface area contributed by atoms with Gasteiger partial charge in [0, 0.05) is 55.8 Å². The Hall–Kier alpha value is -3.06. The Labute approximate surface area is 182 Å². The predicted molar refractivity (Wildman–Crippen MR) is 122 cm³/mol. The summed E-state index contributed by atoms with van der Waals surface area (Å²) in [5.74, 6) is 0.393. The van der Waals surface area contributed by atoms with Crippen LogP contribution in [0.25, 0.3) is 10.9 Å². The molecule has 3 aromatic rings. The van der Waals surface area contributed by atoms with Gasteiger partial charge in [-0.1, -0.05) is 0 Å². The molecule has 2 aromatic heterocycles. The van der Waals surface area contributed by atoms with Gasteiger partial charge >= 0.3 is 0 Å². The average Bonchev–Trinajstić information content (AvgIpc) is 3.38. The molecule has 1 saturated heterocycles. The summed E-state index contributed by atoms with van der Waals surface area (Å²) in [6.07, 6.45) is 7.37. The van der Waals surface area contributed by atoms with E-state index in [1.807, 2.05) is 37.1 Å². The van der Waals surface area contributed by atoms with E-state index in [0.717, 1.165) is 59.5 Å². The van der Waals surface area contributed by atoms with Crippen molar-refractivity contribution in [2.45, 2.75) is 32.9 Å². The van der Waals surface area contributed by atoms with Gasteiger partial charge in [0.2, 0.25) is 6.23 Å². The summed E-state index contributed by atoms with van der Waals surface area (Å²) >= 11 is 0. The monoisotopic (exact) mass is 419 g/mol. The van der Waals surface area contributed by atoms with E-state index in [4.69, 9.17) is 4.74 Å². The Morgan fingerprint density at radius 2 is 1.94 bits per heavy atom. The van der Waals surface area contributed by atoms with Crippen LogP contribution >= 0.6 is 0 Å². The lowest BCUT2D eigenvalue weighted by atomic mass is 9.97.